The average Bonchev–Trinajstić information content (AvgIpc) is 2.94. The van der Waals surface area contributed by atoms with Crippen LogP contribution in [0.5, 0.6) is 5.75 Å². The standard InChI is InChI=1S/C32H38N4O4/c1-6-38-31(27(18-33)32(37)39-7-2)35-29-13-9-12-28(34-29)26-11-8-10-21(3)30(26)40-20-24-15-14-23-19-36(5)17-16-25(23)22(24)4/h8-15,18,33H,6-7,16-17,19-20H2,1-5H3,(H,34,35)/b31-27-,33-18?. The minimum atomic E-state index is -0.636. The van der Waals surface area contributed by atoms with Gasteiger partial charge in [0.15, 0.2) is 0 Å². The van der Waals surface area contributed by atoms with E-state index in [9.17, 15) is 4.79 Å². The van der Waals surface area contributed by atoms with Gasteiger partial charge in [-0.15, -0.1) is 0 Å². The molecule has 0 atom stereocenters. The first kappa shape index (κ1) is 28.8. The highest BCUT2D eigenvalue weighted by Crippen LogP contribution is 2.34. The number of fused-ring (bicyclic) bond motifs is 1. The Balaban J connectivity index is 1.61. The van der Waals surface area contributed by atoms with E-state index in [-0.39, 0.29) is 18.1 Å². The highest BCUT2D eigenvalue weighted by atomic mass is 16.5. The highest BCUT2D eigenvalue weighted by Gasteiger charge is 2.19. The predicted molar refractivity (Wildman–Crippen MR) is 158 cm³/mol. The Morgan fingerprint density at radius 2 is 1.85 bits per heavy atom. The van der Waals surface area contributed by atoms with Crippen LogP contribution in [-0.2, 0) is 33.8 Å². The Morgan fingerprint density at radius 1 is 1.07 bits per heavy atom. The number of rotatable bonds is 11. The third-order valence-electron chi connectivity index (χ3n) is 7.01. The van der Waals surface area contributed by atoms with Crippen molar-refractivity contribution >= 4 is 18.0 Å². The predicted octanol–water partition coefficient (Wildman–Crippen LogP) is 5.81. The number of para-hydroxylation sites is 1. The highest BCUT2D eigenvalue weighted by molar-refractivity contribution is 6.09. The lowest BCUT2D eigenvalue weighted by molar-refractivity contribution is -0.138. The van der Waals surface area contributed by atoms with Crippen molar-refractivity contribution in [2.24, 2.45) is 0 Å². The zero-order valence-corrected chi connectivity index (χ0v) is 24.0. The van der Waals surface area contributed by atoms with Gasteiger partial charge < -0.3 is 29.8 Å². The number of likely N-dealkylation sites (N-methyl/N-ethyl adjacent to an activating group) is 1. The first-order valence-corrected chi connectivity index (χ1v) is 13.7. The molecule has 0 bridgehead atoms. The zero-order valence-electron chi connectivity index (χ0n) is 24.0. The van der Waals surface area contributed by atoms with Crippen molar-refractivity contribution < 1.29 is 19.0 Å². The van der Waals surface area contributed by atoms with E-state index < -0.39 is 5.97 Å². The lowest BCUT2D eigenvalue weighted by Gasteiger charge is -2.27. The first-order valence-electron chi connectivity index (χ1n) is 13.7. The van der Waals surface area contributed by atoms with Crippen LogP contribution >= 0.6 is 0 Å². The average molecular weight is 543 g/mol. The molecule has 0 aliphatic carbocycles. The van der Waals surface area contributed by atoms with Crippen LogP contribution in [0, 0.1) is 19.3 Å². The topological polar surface area (TPSA) is 96.8 Å². The zero-order chi connectivity index (χ0) is 28.6. The van der Waals surface area contributed by atoms with Gasteiger partial charge in [0.1, 0.15) is 23.7 Å². The van der Waals surface area contributed by atoms with Gasteiger partial charge in [-0.05, 0) is 87.2 Å². The summed E-state index contributed by atoms with van der Waals surface area (Å²) in [5, 5.41) is 10.8. The van der Waals surface area contributed by atoms with E-state index in [1.807, 2.05) is 37.3 Å². The Hall–Kier alpha value is -4.17. The van der Waals surface area contributed by atoms with Crippen LogP contribution < -0.4 is 10.1 Å². The maximum absolute atomic E-state index is 12.4. The van der Waals surface area contributed by atoms with Gasteiger partial charge in [0.2, 0.25) is 5.88 Å². The fourth-order valence-corrected chi connectivity index (χ4v) is 4.90. The molecule has 1 aliphatic rings. The number of anilines is 1. The van der Waals surface area contributed by atoms with Crippen molar-refractivity contribution in [1.82, 2.24) is 9.88 Å². The Morgan fingerprint density at radius 3 is 2.60 bits per heavy atom. The van der Waals surface area contributed by atoms with Crippen LogP contribution in [-0.4, -0.2) is 48.9 Å². The molecule has 2 heterocycles. The van der Waals surface area contributed by atoms with E-state index in [2.05, 4.69) is 36.3 Å². The summed E-state index contributed by atoms with van der Waals surface area (Å²) in [5.41, 5.74) is 7.90. The van der Waals surface area contributed by atoms with Crippen molar-refractivity contribution in [3.63, 3.8) is 0 Å². The lowest BCUT2D eigenvalue weighted by atomic mass is 9.92. The second kappa shape index (κ2) is 13.3. The molecular formula is C32H38N4O4. The molecule has 8 heteroatoms. The van der Waals surface area contributed by atoms with Crippen molar-refractivity contribution in [3.8, 4) is 17.0 Å². The lowest BCUT2D eigenvalue weighted by Crippen LogP contribution is -2.27. The fourth-order valence-electron chi connectivity index (χ4n) is 4.90. The summed E-state index contributed by atoms with van der Waals surface area (Å²) >= 11 is 0. The number of aromatic nitrogens is 1. The van der Waals surface area contributed by atoms with E-state index in [1.165, 1.54) is 22.3 Å². The molecule has 3 aromatic rings. The molecule has 0 amide bonds. The third-order valence-corrected chi connectivity index (χ3v) is 7.01. The normalized spacial score (nSPS) is 13.6. The molecule has 0 saturated carbocycles. The molecule has 1 aromatic heterocycles. The van der Waals surface area contributed by atoms with Crippen LogP contribution in [0.4, 0.5) is 5.82 Å². The summed E-state index contributed by atoms with van der Waals surface area (Å²) in [7, 11) is 2.16. The van der Waals surface area contributed by atoms with E-state index in [4.69, 9.17) is 24.6 Å². The molecule has 8 nitrogen and oxygen atoms in total. The summed E-state index contributed by atoms with van der Waals surface area (Å²) in [6.45, 7) is 10.7. The van der Waals surface area contributed by atoms with Gasteiger partial charge in [0.25, 0.3) is 0 Å². The van der Waals surface area contributed by atoms with Crippen molar-refractivity contribution in [2.75, 3.05) is 32.1 Å². The minimum absolute atomic E-state index is 0.0115. The second-order valence-corrected chi connectivity index (χ2v) is 9.79. The number of ether oxygens (including phenoxy) is 3. The second-order valence-electron chi connectivity index (χ2n) is 9.79. The number of carbonyl (C=O) groups excluding carboxylic acids is 1. The van der Waals surface area contributed by atoms with Crippen LogP contribution in [0.1, 0.15) is 41.7 Å². The molecule has 0 unspecified atom stereocenters. The van der Waals surface area contributed by atoms with Crippen molar-refractivity contribution in [2.45, 2.75) is 47.3 Å². The quantitative estimate of drug-likeness (QED) is 0.137. The van der Waals surface area contributed by atoms with Gasteiger partial charge in [-0.3, -0.25) is 0 Å². The van der Waals surface area contributed by atoms with E-state index in [1.54, 1.807) is 19.9 Å². The van der Waals surface area contributed by atoms with Gasteiger partial charge in [0, 0.05) is 24.9 Å². The number of hydrogen-bond donors (Lipinski definition) is 2. The molecule has 0 spiro atoms. The fraction of sp³-hybridized carbons (Fsp3) is 0.344. The van der Waals surface area contributed by atoms with Crippen molar-refractivity contribution in [1.29, 1.82) is 5.41 Å². The van der Waals surface area contributed by atoms with E-state index in [0.29, 0.717) is 24.7 Å². The monoisotopic (exact) mass is 542 g/mol. The van der Waals surface area contributed by atoms with Crippen LogP contribution in [0.15, 0.2) is 60.0 Å². The first-order chi connectivity index (χ1) is 19.4. The maximum atomic E-state index is 12.4. The minimum Gasteiger partial charge on any atom is -0.488 e. The molecule has 1 aliphatic heterocycles. The molecule has 2 N–H and O–H groups in total. The summed E-state index contributed by atoms with van der Waals surface area (Å²) in [4.78, 5) is 19.5. The number of esters is 1. The van der Waals surface area contributed by atoms with Crippen molar-refractivity contribution in [3.05, 3.63) is 87.8 Å². The van der Waals surface area contributed by atoms with Gasteiger partial charge in [0.05, 0.1) is 18.9 Å². The summed E-state index contributed by atoms with van der Waals surface area (Å²) in [5.74, 6) is 0.725. The largest absolute Gasteiger partial charge is 0.488 e. The Labute approximate surface area is 236 Å². The van der Waals surface area contributed by atoms with Gasteiger partial charge in [-0.2, -0.15) is 0 Å². The van der Waals surface area contributed by atoms with Gasteiger partial charge >= 0.3 is 5.97 Å². The number of benzene rings is 2. The molecule has 210 valence electrons. The number of carbonyl (C=O) groups is 1. The van der Waals surface area contributed by atoms with E-state index >= 15 is 0 Å². The molecule has 0 radical (unpaired) electrons. The Bertz CT molecular complexity index is 1420. The Kier molecular flexibility index (Phi) is 9.56. The SMILES string of the molecule is CCOC(=O)/C(C=N)=C(/Nc1cccc(-c2cccc(C)c2OCc2ccc3c(c2C)CCN(C)C3)n1)OCC. The third kappa shape index (κ3) is 6.51. The molecule has 4 rings (SSSR count). The summed E-state index contributed by atoms with van der Waals surface area (Å²) in [6.07, 6.45) is 1.98. The maximum Gasteiger partial charge on any atom is 0.345 e. The number of hydrogen-bond acceptors (Lipinski definition) is 8. The smallest absolute Gasteiger partial charge is 0.345 e. The van der Waals surface area contributed by atoms with Crippen LogP contribution in [0.2, 0.25) is 0 Å². The summed E-state index contributed by atoms with van der Waals surface area (Å²) in [6, 6.07) is 16.0. The molecule has 0 saturated heterocycles. The van der Waals surface area contributed by atoms with Crippen LogP contribution in [0.25, 0.3) is 11.3 Å². The van der Waals surface area contributed by atoms with Gasteiger partial charge in [-0.25, -0.2) is 9.78 Å². The van der Waals surface area contributed by atoms with Crippen LogP contribution in [0.3, 0.4) is 0 Å². The number of nitrogens with one attached hydrogen (secondary N) is 2. The molecular weight excluding hydrogens is 504 g/mol. The number of aryl methyl sites for hydroxylation is 1. The molecule has 2 aromatic carbocycles. The van der Waals surface area contributed by atoms with E-state index in [0.717, 1.165) is 42.6 Å². The number of pyridine rings is 1. The molecule has 40 heavy (non-hydrogen) atoms. The molecule has 0 fully saturated rings. The van der Waals surface area contributed by atoms with Gasteiger partial charge in [-0.1, -0.05) is 30.3 Å². The number of nitrogens with zero attached hydrogens (tertiary/aromatic N) is 2. The summed E-state index contributed by atoms with van der Waals surface area (Å²) < 4.78 is 17.2.